The number of aryl methyl sites for hydroxylation is 1. The molecule has 1 N–H and O–H groups in total. The van der Waals surface area contributed by atoms with Gasteiger partial charge in [-0.25, -0.2) is 14.6 Å². The molecule has 0 saturated carbocycles. The molecule has 2 heterocycles. The summed E-state index contributed by atoms with van der Waals surface area (Å²) in [5, 5.41) is 0.859. The van der Waals surface area contributed by atoms with E-state index in [1.807, 2.05) is 31.2 Å². The molecule has 3 rings (SSSR count). The maximum atomic E-state index is 12.2. The van der Waals surface area contributed by atoms with Crippen LogP contribution < -0.4 is 0 Å². The maximum absolute atomic E-state index is 12.2. The summed E-state index contributed by atoms with van der Waals surface area (Å²) in [7, 11) is 1.31. The highest BCUT2D eigenvalue weighted by Crippen LogP contribution is 2.24. The van der Waals surface area contributed by atoms with E-state index < -0.39 is 11.9 Å². The fourth-order valence-electron chi connectivity index (χ4n) is 2.59. The van der Waals surface area contributed by atoms with Crippen molar-refractivity contribution in [1.82, 2.24) is 9.97 Å². The van der Waals surface area contributed by atoms with Crippen LogP contribution in [0.5, 0.6) is 0 Å². The van der Waals surface area contributed by atoms with Crippen LogP contribution in [0.25, 0.3) is 10.9 Å². The van der Waals surface area contributed by atoms with Gasteiger partial charge in [-0.15, -0.1) is 0 Å². The number of carbonyl (C=O) groups excluding carboxylic acids is 2. The molecule has 0 aliphatic carbocycles. The van der Waals surface area contributed by atoms with Crippen molar-refractivity contribution < 1.29 is 19.1 Å². The third kappa shape index (κ3) is 2.86. The molecule has 0 spiro atoms. The molecule has 2 aromatic heterocycles. The Hall–Kier alpha value is -3.15. The van der Waals surface area contributed by atoms with Crippen LogP contribution in [0.3, 0.4) is 0 Å². The van der Waals surface area contributed by atoms with Gasteiger partial charge < -0.3 is 14.5 Å². The van der Waals surface area contributed by atoms with Crippen molar-refractivity contribution in [1.29, 1.82) is 0 Å². The Balaban J connectivity index is 1.99. The molecule has 122 valence electrons. The summed E-state index contributed by atoms with van der Waals surface area (Å²) in [6, 6.07) is 10.8. The van der Waals surface area contributed by atoms with E-state index in [-0.39, 0.29) is 6.61 Å². The van der Waals surface area contributed by atoms with Gasteiger partial charge in [0, 0.05) is 11.6 Å². The summed E-state index contributed by atoms with van der Waals surface area (Å²) in [5.74, 6) is -1.01. The molecule has 0 saturated heterocycles. The smallest absolute Gasteiger partial charge is 0.355 e. The number of ether oxygens (including phenoxy) is 2. The predicted molar refractivity (Wildman–Crippen MR) is 87.7 cm³/mol. The summed E-state index contributed by atoms with van der Waals surface area (Å²) in [6.07, 6.45) is 1.63. The third-order valence-corrected chi connectivity index (χ3v) is 3.77. The van der Waals surface area contributed by atoms with Gasteiger partial charge in [0.15, 0.2) is 0 Å². The predicted octanol–water partition coefficient (Wildman–Crippen LogP) is 3.01. The van der Waals surface area contributed by atoms with Gasteiger partial charge in [0.25, 0.3) is 0 Å². The van der Waals surface area contributed by atoms with Crippen molar-refractivity contribution in [2.75, 3.05) is 7.11 Å². The molecule has 0 atom stereocenters. The zero-order valence-electron chi connectivity index (χ0n) is 13.3. The minimum absolute atomic E-state index is 0.117. The van der Waals surface area contributed by atoms with E-state index in [9.17, 15) is 9.59 Å². The number of nitrogens with one attached hydrogen (secondary N) is 1. The number of esters is 2. The molecule has 0 fully saturated rings. The molecule has 0 radical (unpaired) electrons. The number of carbonyl (C=O) groups is 2. The number of benzene rings is 1. The molecule has 6 nitrogen and oxygen atoms in total. The number of para-hydroxylation sites is 1. The lowest BCUT2D eigenvalue weighted by molar-refractivity contribution is 0.0450. The molecular formula is C18H16N2O4. The molecule has 0 unspecified atom stereocenters. The van der Waals surface area contributed by atoms with Crippen LogP contribution in [-0.4, -0.2) is 29.0 Å². The van der Waals surface area contributed by atoms with Gasteiger partial charge in [0.1, 0.15) is 12.3 Å². The van der Waals surface area contributed by atoms with Crippen molar-refractivity contribution in [2.45, 2.75) is 13.5 Å². The molecule has 3 aromatic rings. The average molecular weight is 324 g/mol. The number of pyridine rings is 1. The lowest BCUT2D eigenvalue weighted by Crippen LogP contribution is -2.14. The topological polar surface area (TPSA) is 81.3 Å². The minimum Gasteiger partial charge on any atom is -0.465 e. The highest BCUT2D eigenvalue weighted by Gasteiger charge is 2.20. The number of rotatable bonds is 4. The number of hydrogen-bond donors (Lipinski definition) is 1. The first kappa shape index (κ1) is 15.7. The lowest BCUT2D eigenvalue weighted by atomic mass is 10.0. The number of nitrogens with zero attached hydrogens (tertiary/aromatic N) is 1. The molecule has 0 amide bonds. The number of aromatic amines is 1. The van der Waals surface area contributed by atoms with Gasteiger partial charge in [-0.1, -0.05) is 18.2 Å². The second-order valence-corrected chi connectivity index (χ2v) is 5.23. The van der Waals surface area contributed by atoms with Crippen molar-refractivity contribution in [3.63, 3.8) is 0 Å². The maximum Gasteiger partial charge on any atom is 0.355 e. The monoisotopic (exact) mass is 324 g/mol. The van der Waals surface area contributed by atoms with E-state index >= 15 is 0 Å². The van der Waals surface area contributed by atoms with Crippen molar-refractivity contribution in [2.24, 2.45) is 0 Å². The normalized spacial score (nSPS) is 10.6. The zero-order chi connectivity index (χ0) is 17.1. The molecule has 0 bridgehead atoms. The number of H-pyrrole nitrogens is 1. The highest BCUT2D eigenvalue weighted by molar-refractivity contribution is 5.98. The second-order valence-electron chi connectivity index (χ2n) is 5.23. The van der Waals surface area contributed by atoms with Crippen molar-refractivity contribution >= 4 is 22.8 Å². The van der Waals surface area contributed by atoms with E-state index in [1.54, 1.807) is 18.3 Å². The average Bonchev–Trinajstić information content (AvgIpc) is 3.14. The lowest BCUT2D eigenvalue weighted by Gasteiger charge is -2.13. The van der Waals surface area contributed by atoms with Gasteiger partial charge in [-0.2, -0.15) is 0 Å². The fraction of sp³-hybridized carbons (Fsp3) is 0.167. The van der Waals surface area contributed by atoms with Gasteiger partial charge in [-0.05, 0) is 30.7 Å². The molecule has 0 aliphatic heterocycles. The first-order chi connectivity index (χ1) is 11.6. The van der Waals surface area contributed by atoms with Crippen LogP contribution in [0.4, 0.5) is 0 Å². The largest absolute Gasteiger partial charge is 0.465 e. The van der Waals surface area contributed by atoms with E-state index in [1.165, 1.54) is 7.11 Å². The first-order valence-electron chi connectivity index (χ1n) is 7.39. The number of methoxy groups -OCH3 is 1. The summed E-state index contributed by atoms with van der Waals surface area (Å²) in [4.78, 5) is 31.4. The Bertz CT molecular complexity index is 901. The van der Waals surface area contributed by atoms with Crippen LogP contribution in [-0.2, 0) is 16.1 Å². The van der Waals surface area contributed by atoms with Crippen molar-refractivity contribution in [3.8, 4) is 0 Å². The first-order valence-corrected chi connectivity index (χ1v) is 7.39. The Labute approximate surface area is 138 Å². The molecule has 24 heavy (non-hydrogen) atoms. The summed E-state index contributed by atoms with van der Waals surface area (Å²) in [5.41, 5.74) is 2.52. The van der Waals surface area contributed by atoms with Crippen LogP contribution >= 0.6 is 0 Å². The van der Waals surface area contributed by atoms with E-state index in [0.717, 1.165) is 16.5 Å². The summed E-state index contributed by atoms with van der Waals surface area (Å²) in [6.45, 7) is 1.71. The third-order valence-electron chi connectivity index (χ3n) is 3.77. The van der Waals surface area contributed by atoms with E-state index in [4.69, 9.17) is 9.47 Å². The summed E-state index contributed by atoms with van der Waals surface area (Å²) < 4.78 is 10.1. The number of fused-ring (bicyclic) bond motifs is 1. The van der Waals surface area contributed by atoms with Gasteiger partial charge in [-0.3, -0.25) is 0 Å². The Morgan fingerprint density at radius 3 is 2.62 bits per heavy atom. The van der Waals surface area contributed by atoms with Crippen LogP contribution in [0.2, 0.25) is 0 Å². The van der Waals surface area contributed by atoms with Crippen LogP contribution in [0, 0.1) is 6.92 Å². The SMILES string of the molecule is COC(=O)c1c(COC(=O)c2ccc[nH]2)nc2ccccc2c1C. The molecule has 6 heteroatoms. The van der Waals surface area contributed by atoms with E-state index in [2.05, 4.69) is 9.97 Å². The standard InChI is InChI=1S/C18H16N2O4/c1-11-12-6-3-4-7-13(12)20-15(16(11)18(22)23-2)10-24-17(21)14-8-5-9-19-14/h3-9,19H,10H2,1-2H3. The highest BCUT2D eigenvalue weighted by atomic mass is 16.5. The molecule has 1 aromatic carbocycles. The summed E-state index contributed by atoms with van der Waals surface area (Å²) >= 11 is 0. The minimum atomic E-state index is -0.511. The number of aromatic nitrogens is 2. The van der Waals surface area contributed by atoms with E-state index in [0.29, 0.717) is 17.0 Å². The fourth-order valence-corrected chi connectivity index (χ4v) is 2.59. The van der Waals surface area contributed by atoms with Gasteiger partial charge in [0.2, 0.25) is 0 Å². The zero-order valence-corrected chi connectivity index (χ0v) is 13.3. The Morgan fingerprint density at radius 2 is 1.92 bits per heavy atom. The molecular weight excluding hydrogens is 308 g/mol. The van der Waals surface area contributed by atoms with Gasteiger partial charge >= 0.3 is 11.9 Å². The molecule has 0 aliphatic rings. The quantitative estimate of drug-likeness (QED) is 0.746. The second kappa shape index (κ2) is 6.54. The van der Waals surface area contributed by atoms with Crippen LogP contribution in [0.15, 0.2) is 42.6 Å². The Morgan fingerprint density at radius 1 is 1.12 bits per heavy atom. The number of hydrogen-bond acceptors (Lipinski definition) is 5. The van der Waals surface area contributed by atoms with Gasteiger partial charge in [0.05, 0.1) is 23.9 Å². The Kier molecular flexibility index (Phi) is 4.29. The van der Waals surface area contributed by atoms with Crippen LogP contribution in [0.1, 0.15) is 32.1 Å². The van der Waals surface area contributed by atoms with Crippen molar-refractivity contribution in [3.05, 3.63) is 65.1 Å².